The van der Waals surface area contributed by atoms with Crippen LogP contribution in [0.25, 0.3) is 0 Å². The summed E-state index contributed by atoms with van der Waals surface area (Å²) in [4.78, 5) is 0. The van der Waals surface area contributed by atoms with E-state index in [0.717, 1.165) is 0 Å². The molecule has 14 atom stereocenters. The van der Waals surface area contributed by atoms with Crippen molar-refractivity contribution in [2.75, 3.05) is 26.4 Å². The van der Waals surface area contributed by atoms with Crippen molar-refractivity contribution in [2.45, 2.75) is 85.5 Å². The van der Waals surface area contributed by atoms with Gasteiger partial charge in [0, 0.05) is 0 Å². The number of hydrogen-bond donors (Lipinski definition) is 11. The average molecular weight is 504 g/mol. The average Bonchev–Trinajstić information content (AvgIpc) is 3.08. The maximum absolute atomic E-state index is 10.3. The number of rotatable bonds is 8. The fourth-order valence-corrected chi connectivity index (χ4v) is 4.01. The van der Waals surface area contributed by atoms with E-state index in [1.165, 1.54) is 0 Å². The summed E-state index contributed by atoms with van der Waals surface area (Å²) >= 11 is 0. The molecule has 0 aliphatic carbocycles. The first-order valence-electron chi connectivity index (χ1n) is 10.6. The number of hydrogen-bond acceptors (Lipinski definition) is 16. The van der Waals surface area contributed by atoms with Crippen LogP contribution in [-0.2, 0) is 23.7 Å². The van der Waals surface area contributed by atoms with Gasteiger partial charge in [0.25, 0.3) is 0 Å². The second-order valence-corrected chi connectivity index (χ2v) is 8.41. The van der Waals surface area contributed by atoms with Crippen LogP contribution in [-0.4, -0.2) is 168 Å². The van der Waals surface area contributed by atoms with Crippen molar-refractivity contribution in [3.8, 4) is 0 Å². The molecule has 0 aromatic carbocycles. The van der Waals surface area contributed by atoms with Crippen LogP contribution < -0.4 is 0 Å². The molecule has 34 heavy (non-hydrogen) atoms. The minimum absolute atomic E-state index is 0.634. The predicted octanol–water partition coefficient (Wildman–Crippen LogP) is -7.57. The maximum Gasteiger partial charge on any atom is 0.224 e. The van der Waals surface area contributed by atoms with Gasteiger partial charge >= 0.3 is 0 Å². The summed E-state index contributed by atoms with van der Waals surface area (Å²) in [5.41, 5.74) is 0. The molecule has 0 radical (unpaired) electrons. The molecule has 16 heteroatoms. The SMILES string of the molecule is OC[C@@H]1O[C@@H](OC[C@H]2O[C@@H](O[C@]3(CO)O[C@@H](CO)[C@@H](O)[C@H]3O)[C@@H](O)[C@@H](O)[C@H]2O)[C@@H](O)[C@@H](O)[C@H]1O. The normalized spacial score (nSPS) is 52.1. The highest BCUT2D eigenvalue weighted by molar-refractivity contribution is 4.98. The molecule has 0 aromatic rings. The highest BCUT2D eigenvalue weighted by Gasteiger charge is 2.58. The number of aliphatic hydroxyl groups is 11. The molecular weight excluding hydrogens is 472 g/mol. The first kappa shape index (κ1) is 27.9. The molecule has 3 fully saturated rings. The van der Waals surface area contributed by atoms with Crippen molar-refractivity contribution in [3.05, 3.63) is 0 Å². The fraction of sp³-hybridized carbons (Fsp3) is 1.00. The molecule has 3 saturated heterocycles. The molecule has 0 unspecified atom stereocenters. The zero-order valence-electron chi connectivity index (χ0n) is 17.8. The van der Waals surface area contributed by atoms with E-state index in [0.29, 0.717) is 0 Å². The summed E-state index contributed by atoms with van der Waals surface area (Å²) in [7, 11) is 0. The summed E-state index contributed by atoms with van der Waals surface area (Å²) in [5.74, 6) is -2.36. The Morgan fingerprint density at radius 3 is 1.65 bits per heavy atom. The van der Waals surface area contributed by atoms with Gasteiger partial charge in [-0.05, 0) is 0 Å². The van der Waals surface area contributed by atoms with Crippen LogP contribution in [0, 0.1) is 0 Å². The van der Waals surface area contributed by atoms with Crippen molar-refractivity contribution < 1.29 is 79.9 Å². The topological polar surface area (TPSA) is 269 Å². The van der Waals surface area contributed by atoms with Gasteiger partial charge in [-0.15, -0.1) is 0 Å². The van der Waals surface area contributed by atoms with E-state index in [2.05, 4.69) is 0 Å². The standard InChI is InChI=1S/C18H32O16/c19-1-5-8(22)11(25)13(27)16(31-5)30-3-7-9(23)12(26)14(28)17(32-7)34-18(4-21)15(29)10(24)6(2-20)33-18/h5-17,19-29H,1-4H2/t5-,6-,7+,8-,9-,10+,11-,12-,13-,14-,15+,16+,17-,18-/m0/s1. The number of aliphatic hydroxyl groups excluding tert-OH is 11. The lowest BCUT2D eigenvalue weighted by Gasteiger charge is -2.44. The van der Waals surface area contributed by atoms with E-state index >= 15 is 0 Å². The van der Waals surface area contributed by atoms with E-state index < -0.39 is 112 Å². The van der Waals surface area contributed by atoms with Crippen molar-refractivity contribution in [3.63, 3.8) is 0 Å². The first-order chi connectivity index (χ1) is 16.0. The quantitative estimate of drug-likeness (QED) is 0.146. The summed E-state index contributed by atoms with van der Waals surface area (Å²) in [6, 6.07) is 0. The molecule has 0 saturated carbocycles. The third-order valence-electron chi connectivity index (χ3n) is 6.16. The second kappa shape index (κ2) is 11.2. The van der Waals surface area contributed by atoms with Gasteiger partial charge in [0.15, 0.2) is 12.6 Å². The van der Waals surface area contributed by atoms with E-state index in [1.54, 1.807) is 0 Å². The van der Waals surface area contributed by atoms with E-state index in [4.69, 9.17) is 23.7 Å². The van der Waals surface area contributed by atoms with E-state index in [1.807, 2.05) is 0 Å². The Hall–Kier alpha value is -0.640. The van der Waals surface area contributed by atoms with Crippen molar-refractivity contribution in [2.24, 2.45) is 0 Å². The van der Waals surface area contributed by atoms with Gasteiger partial charge in [-0.1, -0.05) is 0 Å². The monoisotopic (exact) mass is 504 g/mol. The lowest BCUT2D eigenvalue weighted by atomic mass is 9.98. The van der Waals surface area contributed by atoms with Gasteiger partial charge in [0.2, 0.25) is 5.79 Å². The molecule has 3 rings (SSSR count). The largest absolute Gasteiger partial charge is 0.394 e. The Balaban J connectivity index is 1.69. The van der Waals surface area contributed by atoms with Gasteiger partial charge in [0.1, 0.15) is 73.8 Å². The summed E-state index contributed by atoms with van der Waals surface area (Å²) in [5, 5.41) is 109. The molecular formula is C18H32O16. The summed E-state index contributed by atoms with van der Waals surface area (Å²) in [6.45, 7) is -3.14. The van der Waals surface area contributed by atoms with E-state index in [-0.39, 0.29) is 0 Å². The van der Waals surface area contributed by atoms with Crippen molar-refractivity contribution in [1.29, 1.82) is 0 Å². The maximum atomic E-state index is 10.3. The fourth-order valence-electron chi connectivity index (χ4n) is 4.01. The van der Waals surface area contributed by atoms with Crippen LogP contribution in [0.4, 0.5) is 0 Å². The summed E-state index contributed by atoms with van der Waals surface area (Å²) in [6.07, 6.45) is -21.8. The van der Waals surface area contributed by atoms with Gasteiger partial charge in [-0.25, -0.2) is 0 Å². The van der Waals surface area contributed by atoms with Gasteiger partial charge in [-0.2, -0.15) is 0 Å². The Bertz CT molecular complexity index is 653. The Morgan fingerprint density at radius 2 is 1.12 bits per heavy atom. The molecule has 11 N–H and O–H groups in total. The number of ether oxygens (including phenoxy) is 5. The van der Waals surface area contributed by atoms with Crippen LogP contribution in [0.3, 0.4) is 0 Å². The van der Waals surface area contributed by atoms with Gasteiger partial charge < -0.3 is 79.9 Å². The third-order valence-corrected chi connectivity index (χ3v) is 6.16. The third kappa shape index (κ3) is 5.09. The molecule has 0 spiro atoms. The molecule has 200 valence electrons. The Kier molecular flexibility index (Phi) is 9.18. The molecule has 0 amide bonds. The summed E-state index contributed by atoms with van der Waals surface area (Å²) < 4.78 is 26.4. The zero-order chi connectivity index (χ0) is 25.4. The predicted molar refractivity (Wildman–Crippen MR) is 101 cm³/mol. The van der Waals surface area contributed by atoms with Crippen LogP contribution >= 0.6 is 0 Å². The van der Waals surface area contributed by atoms with Crippen molar-refractivity contribution in [1.82, 2.24) is 0 Å². The molecule has 3 aliphatic rings. The minimum Gasteiger partial charge on any atom is -0.394 e. The molecule has 3 heterocycles. The molecule has 3 aliphatic heterocycles. The van der Waals surface area contributed by atoms with Crippen molar-refractivity contribution >= 4 is 0 Å². The Morgan fingerprint density at radius 1 is 0.588 bits per heavy atom. The van der Waals surface area contributed by atoms with Crippen LogP contribution in [0.15, 0.2) is 0 Å². The van der Waals surface area contributed by atoms with Crippen LogP contribution in [0.2, 0.25) is 0 Å². The molecule has 0 bridgehead atoms. The molecule has 16 nitrogen and oxygen atoms in total. The minimum atomic E-state index is -2.36. The smallest absolute Gasteiger partial charge is 0.224 e. The molecule has 0 aromatic heterocycles. The Labute approximate surface area is 192 Å². The second-order valence-electron chi connectivity index (χ2n) is 8.41. The first-order valence-corrected chi connectivity index (χ1v) is 10.6. The highest BCUT2D eigenvalue weighted by Crippen LogP contribution is 2.36. The van der Waals surface area contributed by atoms with E-state index in [9.17, 15) is 56.2 Å². The van der Waals surface area contributed by atoms with Gasteiger partial charge in [0.05, 0.1) is 19.8 Å². The highest BCUT2D eigenvalue weighted by atomic mass is 16.8. The van der Waals surface area contributed by atoms with Gasteiger partial charge in [-0.3, -0.25) is 0 Å². The van der Waals surface area contributed by atoms with Crippen LogP contribution in [0.5, 0.6) is 0 Å². The lowest BCUT2D eigenvalue weighted by Crippen LogP contribution is -2.63. The lowest BCUT2D eigenvalue weighted by molar-refractivity contribution is -0.388. The zero-order valence-corrected chi connectivity index (χ0v) is 17.8. The van der Waals surface area contributed by atoms with Crippen LogP contribution in [0.1, 0.15) is 0 Å².